The lowest BCUT2D eigenvalue weighted by molar-refractivity contribution is 0.434. The summed E-state index contributed by atoms with van der Waals surface area (Å²) in [5, 5.41) is 4.70. The van der Waals surface area contributed by atoms with Crippen LogP contribution in [-0.2, 0) is 12.8 Å². The number of nitrogens with one attached hydrogen (secondary N) is 1. The summed E-state index contributed by atoms with van der Waals surface area (Å²) < 4.78 is 0. The van der Waals surface area contributed by atoms with Crippen LogP contribution in [0.4, 0.5) is 5.69 Å². The van der Waals surface area contributed by atoms with Gasteiger partial charge >= 0.3 is 0 Å². The second-order valence-corrected chi connectivity index (χ2v) is 5.86. The molecule has 2 aliphatic rings. The summed E-state index contributed by atoms with van der Waals surface area (Å²) in [5.41, 5.74) is 5.91. The summed E-state index contributed by atoms with van der Waals surface area (Å²) in [6.07, 6.45) is 6.57. The van der Waals surface area contributed by atoms with E-state index in [1.165, 1.54) is 48.0 Å². The lowest BCUT2D eigenvalue weighted by Crippen LogP contribution is -2.18. The molecule has 0 atom stereocenters. The molecule has 1 saturated carbocycles. The first-order valence-electron chi connectivity index (χ1n) is 6.90. The smallest absolute Gasteiger partial charge is 0.0726 e. The first kappa shape index (κ1) is 10.4. The maximum atomic E-state index is 4.88. The number of aromatic nitrogens is 1. The molecule has 1 fully saturated rings. The van der Waals surface area contributed by atoms with Crippen LogP contribution in [0, 0.1) is 5.41 Å². The summed E-state index contributed by atoms with van der Waals surface area (Å²) in [4.78, 5) is 4.88. The minimum absolute atomic E-state index is 0.642. The van der Waals surface area contributed by atoms with Gasteiger partial charge in [-0.3, -0.25) is 4.98 Å². The zero-order valence-electron chi connectivity index (χ0n) is 10.8. The van der Waals surface area contributed by atoms with Crippen molar-refractivity contribution in [2.75, 3.05) is 12.4 Å². The highest BCUT2D eigenvalue weighted by atomic mass is 14.9. The number of nitrogens with zero attached hydrogens (tertiary/aromatic N) is 1. The average molecular weight is 238 g/mol. The van der Waals surface area contributed by atoms with E-state index in [0.717, 1.165) is 11.9 Å². The van der Waals surface area contributed by atoms with Crippen LogP contribution in [0.25, 0.3) is 10.9 Å². The molecule has 0 radical (unpaired) electrons. The molecule has 92 valence electrons. The fraction of sp³-hybridized carbons (Fsp3) is 0.438. The van der Waals surface area contributed by atoms with Crippen molar-refractivity contribution >= 4 is 16.6 Å². The Morgan fingerprint density at radius 3 is 2.78 bits per heavy atom. The van der Waals surface area contributed by atoms with Gasteiger partial charge in [0.2, 0.25) is 0 Å². The van der Waals surface area contributed by atoms with Crippen molar-refractivity contribution in [2.24, 2.45) is 5.41 Å². The van der Waals surface area contributed by atoms with Crippen molar-refractivity contribution in [1.29, 1.82) is 0 Å². The molecule has 1 heterocycles. The highest BCUT2D eigenvalue weighted by Gasteiger charge is 2.45. The van der Waals surface area contributed by atoms with Gasteiger partial charge in [-0.1, -0.05) is 18.2 Å². The van der Waals surface area contributed by atoms with Crippen LogP contribution in [0.1, 0.15) is 30.5 Å². The minimum Gasteiger partial charge on any atom is -0.387 e. The molecule has 2 aliphatic carbocycles. The van der Waals surface area contributed by atoms with E-state index in [2.05, 4.69) is 29.6 Å². The number of hydrogen-bond acceptors (Lipinski definition) is 2. The third kappa shape index (κ3) is 1.38. The molecule has 0 amide bonds. The van der Waals surface area contributed by atoms with Crippen molar-refractivity contribution in [3.05, 3.63) is 35.5 Å². The van der Waals surface area contributed by atoms with Gasteiger partial charge in [-0.15, -0.1) is 0 Å². The van der Waals surface area contributed by atoms with Crippen molar-refractivity contribution in [3.8, 4) is 0 Å². The van der Waals surface area contributed by atoms with Crippen LogP contribution >= 0.6 is 0 Å². The molecule has 2 nitrogen and oxygen atoms in total. The third-order valence-electron chi connectivity index (χ3n) is 4.73. The number of anilines is 1. The van der Waals surface area contributed by atoms with Crippen LogP contribution < -0.4 is 5.32 Å². The third-order valence-corrected chi connectivity index (χ3v) is 4.73. The van der Waals surface area contributed by atoms with Gasteiger partial charge in [0.25, 0.3) is 0 Å². The van der Waals surface area contributed by atoms with Gasteiger partial charge in [0.15, 0.2) is 0 Å². The lowest BCUT2D eigenvalue weighted by atomic mass is 9.82. The molecular formula is C16H18N2. The van der Waals surface area contributed by atoms with E-state index >= 15 is 0 Å². The van der Waals surface area contributed by atoms with Crippen LogP contribution in [0.3, 0.4) is 0 Å². The van der Waals surface area contributed by atoms with E-state index in [0.29, 0.717) is 5.41 Å². The Hall–Kier alpha value is -1.57. The van der Waals surface area contributed by atoms with Gasteiger partial charge in [-0.05, 0) is 49.1 Å². The number of benzene rings is 1. The van der Waals surface area contributed by atoms with E-state index in [9.17, 15) is 0 Å². The zero-order valence-corrected chi connectivity index (χ0v) is 10.8. The van der Waals surface area contributed by atoms with E-state index in [1.807, 2.05) is 7.05 Å². The minimum atomic E-state index is 0.642. The Morgan fingerprint density at radius 1 is 1.17 bits per heavy atom. The topological polar surface area (TPSA) is 24.9 Å². The highest BCUT2D eigenvalue weighted by Crippen LogP contribution is 2.55. The van der Waals surface area contributed by atoms with Crippen LogP contribution in [0.5, 0.6) is 0 Å². The summed E-state index contributed by atoms with van der Waals surface area (Å²) in [6, 6.07) is 8.49. The first-order valence-corrected chi connectivity index (χ1v) is 6.90. The SMILES string of the molecule is CNc1c2c(nc3ccccc13)CCC1(CC1)C2. The zero-order chi connectivity index (χ0) is 12.2. The van der Waals surface area contributed by atoms with Gasteiger partial charge in [-0.2, -0.15) is 0 Å². The van der Waals surface area contributed by atoms with E-state index in [1.54, 1.807) is 0 Å². The van der Waals surface area contributed by atoms with Crippen LogP contribution in [0.15, 0.2) is 24.3 Å². The molecule has 1 aromatic heterocycles. The molecule has 0 unspecified atom stereocenters. The Kier molecular flexibility index (Phi) is 2.00. The standard InChI is InChI=1S/C16H18N2/c1-17-15-11-4-2-3-5-13(11)18-14-6-7-16(8-9-16)10-12(14)15/h2-5H,6-10H2,1H3,(H,17,18). The van der Waals surface area contributed by atoms with Crippen LogP contribution in [0.2, 0.25) is 0 Å². The molecule has 1 aromatic carbocycles. The summed E-state index contributed by atoms with van der Waals surface area (Å²) in [7, 11) is 2.04. The van der Waals surface area contributed by atoms with Crippen LogP contribution in [-0.4, -0.2) is 12.0 Å². The Labute approximate surface area is 107 Å². The van der Waals surface area contributed by atoms with Gasteiger partial charge < -0.3 is 5.32 Å². The van der Waals surface area contributed by atoms with Crippen molar-refractivity contribution in [1.82, 2.24) is 4.98 Å². The molecule has 1 N–H and O–H groups in total. The van der Waals surface area contributed by atoms with Gasteiger partial charge in [0, 0.05) is 23.8 Å². The number of aryl methyl sites for hydroxylation is 1. The van der Waals surface area contributed by atoms with Crippen molar-refractivity contribution in [2.45, 2.75) is 32.1 Å². The van der Waals surface area contributed by atoms with Gasteiger partial charge in [0.05, 0.1) is 5.52 Å². The first-order chi connectivity index (χ1) is 8.81. The highest BCUT2D eigenvalue weighted by molar-refractivity contribution is 5.93. The fourth-order valence-electron chi connectivity index (χ4n) is 3.44. The molecule has 4 rings (SSSR count). The predicted octanol–water partition coefficient (Wildman–Crippen LogP) is 3.55. The second kappa shape index (κ2) is 3.47. The molecule has 2 aromatic rings. The average Bonchev–Trinajstić information content (AvgIpc) is 3.16. The molecular weight excluding hydrogens is 220 g/mol. The Bertz CT molecular complexity index is 626. The maximum absolute atomic E-state index is 4.88. The molecule has 0 aliphatic heterocycles. The van der Waals surface area contributed by atoms with Crippen molar-refractivity contribution < 1.29 is 0 Å². The largest absolute Gasteiger partial charge is 0.387 e. The number of hydrogen-bond donors (Lipinski definition) is 1. The molecule has 0 bridgehead atoms. The van der Waals surface area contributed by atoms with Gasteiger partial charge in [-0.25, -0.2) is 0 Å². The van der Waals surface area contributed by atoms with E-state index < -0.39 is 0 Å². The number of rotatable bonds is 1. The monoisotopic (exact) mass is 238 g/mol. The summed E-state index contributed by atoms with van der Waals surface area (Å²) >= 11 is 0. The molecule has 18 heavy (non-hydrogen) atoms. The quantitative estimate of drug-likeness (QED) is 0.822. The predicted molar refractivity (Wildman–Crippen MR) is 75.0 cm³/mol. The van der Waals surface area contributed by atoms with E-state index in [4.69, 9.17) is 4.98 Å². The van der Waals surface area contributed by atoms with Crippen molar-refractivity contribution in [3.63, 3.8) is 0 Å². The number of para-hydroxylation sites is 1. The molecule has 1 spiro atoms. The number of fused-ring (bicyclic) bond motifs is 2. The maximum Gasteiger partial charge on any atom is 0.0726 e. The van der Waals surface area contributed by atoms with Gasteiger partial charge in [0.1, 0.15) is 0 Å². The van der Waals surface area contributed by atoms with E-state index in [-0.39, 0.29) is 0 Å². The normalized spacial score (nSPS) is 19.8. The fourth-order valence-corrected chi connectivity index (χ4v) is 3.44. The second-order valence-electron chi connectivity index (χ2n) is 5.86. The Balaban J connectivity index is 1.98. The summed E-state index contributed by atoms with van der Waals surface area (Å²) in [5.74, 6) is 0. The molecule has 0 saturated heterocycles. The Morgan fingerprint density at radius 2 is 2.00 bits per heavy atom. The lowest BCUT2D eigenvalue weighted by Gasteiger charge is -2.26. The summed E-state index contributed by atoms with van der Waals surface area (Å²) in [6.45, 7) is 0. The number of pyridine rings is 1. The molecule has 2 heteroatoms.